The van der Waals surface area contributed by atoms with Gasteiger partial charge in [0.15, 0.2) is 0 Å². The van der Waals surface area contributed by atoms with Gasteiger partial charge in [0.1, 0.15) is 17.8 Å². The maximum atomic E-state index is 11.8. The van der Waals surface area contributed by atoms with Crippen molar-refractivity contribution in [2.75, 3.05) is 0 Å². The second-order valence-corrected chi connectivity index (χ2v) is 3.35. The van der Waals surface area contributed by atoms with Gasteiger partial charge in [-0.05, 0) is 12.1 Å². The SMILES string of the molecule is O=c1cc(-n2ccnc2)nc2ccccn12. The molecule has 0 aliphatic rings. The highest BCUT2D eigenvalue weighted by Crippen LogP contribution is 2.03. The van der Waals surface area contributed by atoms with Crippen LogP contribution in [0.2, 0.25) is 0 Å². The van der Waals surface area contributed by atoms with Crippen molar-refractivity contribution in [2.24, 2.45) is 0 Å². The number of rotatable bonds is 1. The van der Waals surface area contributed by atoms with Crippen molar-refractivity contribution < 1.29 is 0 Å². The van der Waals surface area contributed by atoms with E-state index in [1.54, 1.807) is 41.6 Å². The number of imidazole rings is 1. The second kappa shape index (κ2) is 3.30. The van der Waals surface area contributed by atoms with Crippen LogP contribution in [0, 0.1) is 0 Å². The van der Waals surface area contributed by atoms with Crippen LogP contribution < -0.4 is 5.56 Å². The van der Waals surface area contributed by atoms with E-state index in [-0.39, 0.29) is 5.56 Å². The predicted octanol–water partition coefficient (Wildman–Crippen LogP) is 0.880. The third-order valence-corrected chi connectivity index (χ3v) is 2.33. The Morgan fingerprint density at radius 1 is 1.19 bits per heavy atom. The van der Waals surface area contributed by atoms with Crippen LogP contribution in [0.4, 0.5) is 0 Å². The van der Waals surface area contributed by atoms with Crippen LogP contribution in [0.1, 0.15) is 0 Å². The van der Waals surface area contributed by atoms with Gasteiger partial charge >= 0.3 is 0 Å². The fraction of sp³-hybridized carbons (Fsp3) is 0. The van der Waals surface area contributed by atoms with Crippen LogP contribution in [-0.2, 0) is 0 Å². The van der Waals surface area contributed by atoms with Crippen molar-refractivity contribution in [3.05, 3.63) is 59.5 Å². The molecular formula is C11H8N4O. The molecule has 0 bridgehead atoms. The van der Waals surface area contributed by atoms with Crippen molar-refractivity contribution >= 4 is 5.65 Å². The van der Waals surface area contributed by atoms with Crippen LogP contribution in [-0.4, -0.2) is 18.9 Å². The van der Waals surface area contributed by atoms with Crippen molar-refractivity contribution in [2.45, 2.75) is 0 Å². The Labute approximate surface area is 90.6 Å². The monoisotopic (exact) mass is 212 g/mol. The summed E-state index contributed by atoms with van der Waals surface area (Å²) in [6.07, 6.45) is 6.71. The highest BCUT2D eigenvalue weighted by atomic mass is 16.1. The van der Waals surface area contributed by atoms with Gasteiger partial charge in [0.05, 0.1) is 0 Å². The molecule has 0 radical (unpaired) electrons. The first kappa shape index (κ1) is 8.84. The molecule has 0 saturated heterocycles. The van der Waals surface area contributed by atoms with Gasteiger partial charge in [-0.3, -0.25) is 13.8 Å². The van der Waals surface area contributed by atoms with Crippen LogP contribution in [0.3, 0.4) is 0 Å². The largest absolute Gasteiger partial charge is 0.290 e. The first-order valence-electron chi connectivity index (χ1n) is 4.81. The highest BCUT2D eigenvalue weighted by molar-refractivity contribution is 5.41. The number of fused-ring (bicyclic) bond motifs is 1. The van der Waals surface area contributed by atoms with Crippen LogP contribution in [0.15, 0.2) is 54.0 Å². The molecule has 5 heteroatoms. The Hall–Kier alpha value is -2.43. The lowest BCUT2D eigenvalue weighted by Gasteiger charge is -2.03. The summed E-state index contributed by atoms with van der Waals surface area (Å²) in [6.45, 7) is 0. The lowest BCUT2D eigenvalue weighted by atomic mass is 10.4. The molecule has 0 aliphatic carbocycles. The second-order valence-electron chi connectivity index (χ2n) is 3.35. The average Bonchev–Trinajstić information content (AvgIpc) is 2.82. The van der Waals surface area contributed by atoms with E-state index in [9.17, 15) is 4.79 Å². The molecule has 78 valence electrons. The minimum absolute atomic E-state index is 0.102. The zero-order valence-corrected chi connectivity index (χ0v) is 8.32. The number of hydrogen-bond acceptors (Lipinski definition) is 3. The third-order valence-electron chi connectivity index (χ3n) is 2.33. The van der Waals surface area contributed by atoms with Gasteiger partial charge in [-0.2, -0.15) is 0 Å². The standard InChI is InChI=1S/C11H8N4O/c16-11-7-10(14-6-4-12-8-14)13-9-3-1-2-5-15(9)11/h1-8H. The van der Waals surface area contributed by atoms with Crippen LogP contribution >= 0.6 is 0 Å². The number of aromatic nitrogens is 4. The van der Waals surface area contributed by atoms with E-state index in [0.29, 0.717) is 11.5 Å². The summed E-state index contributed by atoms with van der Waals surface area (Å²) >= 11 is 0. The Kier molecular flexibility index (Phi) is 1.83. The maximum absolute atomic E-state index is 11.8. The summed E-state index contributed by atoms with van der Waals surface area (Å²) in [4.78, 5) is 20.1. The van der Waals surface area contributed by atoms with E-state index >= 15 is 0 Å². The van der Waals surface area contributed by atoms with Gasteiger partial charge < -0.3 is 0 Å². The molecule has 0 aliphatic heterocycles. The van der Waals surface area contributed by atoms with Crippen molar-refractivity contribution in [1.29, 1.82) is 0 Å². The van der Waals surface area contributed by atoms with Crippen molar-refractivity contribution in [3.63, 3.8) is 0 Å². The molecule has 16 heavy (non-hydrogen) atoms. The fourth-order valence-electron chi connectivity index (χ4n) is 1.57. The van der Waals surface area contributed by atoms with Gasteiger partial charge in [-0.15, -0.1) is 0 Å². The molecule has 3 heterocycles. The van der Waals surface area contributed by atoms with E-state index < -0.39 is 0 Å². The summed E-state index contributed by atoms with van der Waals surface area (Å²) in [6, 6.07) is 6.92. The highest BCUT2D eigenvalue weighted by Gasteiger charge is 2.02. The molecule has 5 nitrogen and oxygen atoms in total. The van der Waals surface area contributed by atoms with Crippen molar-refractivity contribution in [3.8, 4) is 5.82 Å². The first-order valence-corrected chi connectivity index (χ1v) is 4.81. The Morgan fingerprint density at radius 2 is 2.12 bits per heavy atom. The summed E-state index contributed by atoms with van der Waals surface area (Å²) in [5.74, 6) is 0.578. The zero-order chi connectivity index (χ0) is 11.0. The maximum Gasteiger partial charge on any atom is 0.259 e. The van der Waals surface area contributed by atoms with Gasteiger partial charge in [-0.25, -0.2) is 9.97 Å². The Bertz CT molecular complexity index is 685. The average molecular weight is 212 g/mol. The molecule has 0 spiro atoms. The molecule has 0 saturated carbocycles. The molecule has 0 aromatic carbocycles. The van der Waals surface area contributed by atoms with E-state index in [0.717, 1.165) is 0 Å². The van der Waals surface area contributed by atoms with Gasteiger partial charge in [0.2, 0.25) is 0 Å². The summed E-state index contributed by atoms with van der Waals surface area (Å²) in [5, 5.41) is 0. The lowest BCUT2D eigenvalue weighted by molar-refractivity contribution is 0.951. The summed E-state index contributed by atoms with van der Waals surface area (Å²) in [5.41, 5.74) is 0.521. The predicted molar refractivity (Wildman–Crippen MR) is 58.6 cm³/mol. The lowest BCUT2D eigenvalue weighted by Crippen LogP contribution is -2.15. The Balaban J connectivity index is 2.34. The Morgan fingerprint density at radius 3 is 2.94 bits per heavy atom. The van der Waals surface area contributed by atoms with E-state index in [4.69, 9.17) is 0 Å². The summed E-state index contributed by atoms with van der Waals surface area (Å²) in [7, 11) is 0. The minimum Gasteiger partial charge on any atom is -0.290 e. The number of pyridine rings is 1. The molecule has 0 amide bonds. The fourth-order valence-corrected chi connectivity index (χ4v) is 1.57. The third kappa shape index (κ3) is 1.30. The molecule has 0 atom stereocenters. The van der Waals surface area contributed by atoms with E-state index in [2.05, 4.69) is 9.97 Å². The quantitative estimate of drug-likeness (QED) is 0.601. The summed E-state index contributed by atoms with van der Waals surface area (Å²) < 4.78 is 3.20. The van der Waals surface area contributed by atoms with Gasteiger partial charge in [0, 0.05) is 24.7 Å². The molecule has 0 N–H and O–H groups in total. The zero-order valence-electron chi connectivity index (χ0n) is 8.32. The van der Waals surface area contributed by atoms with Crippen LogP contribution in [0.5, 0.6) is 0 Å². The molecule has 3 aromatic rings. The van der Waals surface area contributed by atoms with Crippen LogP contribution in [0.25, 0.3) is 11.5 Å². The molecule has 0 fully saturated rings. The normalized spacial score (nSPS) is 10.8. The van der Waals surface area contributed by atoms with E-state index in [1.165, 1.54) is 10.5 Å². The molecular weight excluding hydrogens is 204 g/mol. The topological polar surface area (TPSA) is 52.2 Å². The first-order chi connectivity index (χ1) is 7.84. The molecule has 3 rings (SSSR count). The molecule has 3 aromatic heterocycles. The smallest absolute Gasteiger partial charge is 0.259 e. The minimum atomic E-state index is -0.102. The van der Waals surface area contributed by atoms with Gasteiger partial charge in [-0.1, -0.05) is 6.07 Å². The van der Waals surface area contributed by atoms with E-state index in [1.807, 2.05) is 6.07 Å². The van der Waals surface area contributed by atoms with Crippen molar-refractivity contribution in [1.82, 2.24) is 18.9 Å². The van der Waals surface area contributed by atoms with Gasteiger partial charge in [0.25, 0.3) is 5.56 Å². The number of hydrogen-bond donors (Lipinski definition) is 0. The molecule has 0 unspecified atom stereocenters. The number of nitrogens with zero attached hydrogens (tertiary/aromatic N) is 4.